The summed E-state index contributed by atoms with van der Waals surface area (Å²) in [5.41, 5.74) is 2.29. The molecule has 4 rings (SSSR count). The van der Waals surface area contributed by atoms with E-state index in [9.17, 15) is 4.79 Å². The second kappa shape index (κ2) is 8.02. The predicted molar refractivity (Wildman–Crippen MR) is 105 cm³/mol. The van der Waals surface area contributed by atoms with Crippen molar-refractivity contribution < 1.29 is 18.7 Å². The first-order chi connectivity index (χ1) is 13.7. The Morgan fingerprint density at radius 1 is 1.21 bits per heavy atom. The Labute approximate surface area is 166 Å². The zero-order chi connectivity index (χ0) is 19.5. The van der Waals surface area contributed by atoms with Gasteiger partial charge in [0.25, 0.3) is 5.89 Å². The van der Waals surface area contributed by atoms with E-state index in [0.717, 1.165) is 22.6 Å². The molecule has 0 fully saturated rings. The molecule has 8 heteroatoms. The third kappa shape index (κ3) is 3.73. The number of hydrogen-bond acceptors (Lipinski definition) is 7. The van der Waals surface area contributed by atoms with Crippen molar-refractivity contribution in [1.29, 1.82) is 0 Å². The minimum atomic E-state index is 0.0799. The highest BCUT2D eigenvalue weighted by atomic mass is 32.1. The number of benzene rings is 1. The highest BCUT2D eigenvalue weighted by molar-refractivity contribution is 7.13. The van der Waals surface area contributed by atoms with Crippen LogP contribution < -0.4 is 9.47 Å². The molecule has 1 aromatic carbocycles. The fourth-order valence-electron chi connectivity index (χ4n) is 3.32. The van der Waals surface area contributed by atoms with Crippen LogP contribution in [0.2, 0.25) is 0 Å². The maximum atomic E-state index is 12.7. The number of nitrogens with zero attached hydrogens (tertiary/aromatic N) is 3. The van der Waals surface area contributed by atoms with Crippen molar-refractivity contribution in [2.75, 3.05) is 20.8 Å². The average Bonchev–Trinajstić information content (AvgIpc) is 3.42. The SMILES string of the molecule is COc1cc2c(cc1OC)CN(C(=O)CCc1nnc(-c3cccs3)o1)CC2. The number of rotatable bonds is 6. The third-order valence-electron chi connectivity index (χ3n) is 4.82. The summed E-state index contributed by atoms with van der Waals surface area (Å²) in [6.45, 7) is 1.25. The van der Waals surface area contributed by atoms with E-state index in [1.165, 1.54) is 5.56 Å². The van der Waals surface area contributed by atoms with Gasteiger partial charge in [0.1, 0.15) is 0 Å². The Bertz CT molecular complexity index is 968. The van der Waals surface area contributed by atoms with Crippen molar-refractivity contribution in [2.24, 2.45) is 0 Å². The van der Waals surface area contributed by atoms with E-state index in [1.807, 2.05) is 34.5 Å². The topological polar surface area (TPSA) is 77.7 Å². The van der Waals surface area contributed by atoms with Crippen molar-refractivity contribution in [3.05, 3.63) is 46.7 Å². The van der Waals surface area contributed by atoms with Gasteiger partial charge in [-0.05, 0) is 41.1 Å². The van der Waals surface area contributed by atoms with E-state index < -0.39 is 0 Å². The van der Waals surface area contributed by atoms with Crippen molar-refractivity contribution >= 4 is 17.2 Å². The van der Waals surface area contributed by atoms with Crippen LogP contribution in [-0.4, -0.2) is 41.8 Å². The van der Waals surface area contributed by atoms with Crippen LogP contribution in [0.5, 0.6) is 11.5 Å². The number of carbonyl (C=O) groups is 1. The van der Waals surface area contributed by atoms with Gasteiger partial charge < -0.3 is 18.8 Å². The van der Waals surface area contributed by atoms with Gasteiger partial charge in [-0.25, -0.2) is 0 Å². The number of aryl methyl sites for hydroxylation is 1. The van der Waals surface area contributed by atoms with Gasteiger partial charge in [0.15, 0.2) is 11.5 Å². The van der Waals surface area contributed by atoms with Gasteiger partial charge in [-0.3, -0.25) is 4.79 Å². The summed E-state index contributed by atoms with van der Waals surface area (Å²) in [5, 5.41) is 10.1. The van der Waals surface area contributed by atoms with Crippen LogP contribution in [-0.2, 0) is 24.2 Å². The van der Waals surface area contributed by atoms with E-state index in [2.05, 4.69) is 10.2 Å². The highest BCUT2D eigenvalue weighted by Crippen LogP contribution is 2.33. The molecule has 1 amide bonds. The fourth-order valence-corrected chi connectivity index (χ4v) is 3.97. The van der Waals surface area contributed by atoms with Crippen LogP contribution in [0.3, 0.4) is 0 Å². The molecule has 1 aliphatic heterocycles. The molecule has 0 spiro atoms. The molecule has 2 aromatic heterocycles. The number of aromatic nitrogens is 2. The Balaban J connectivity index is 1.38. The number of thiophene rings is 1. The summed E-state index contributed by atoms with van der Waals surface area (Å²) in [7, 11) is 3.25. The smallest absolute Gasteiger partial charge is 0.257 e. The van der Waals surface area contributed by atoms with Crippen LogP contribution in [0.15, 0.2) is 34.1 Å². The number of hydrogen-bond donors (Lipinski definition) is 0. The first kappa shape index (κ1) is 18.5. The Kier molecular flexibility index (Phi) is 5.29. The molecule has 7 nitrogen and oxygen atoms in total. The van der Waals surface area contributed by atoms with Gasteiger partial charge in [0, 0.05) is 25.9 Å². The first-order valence-corrected chi connectivity index (χ1v) is 9.93. The second-order valence-electron chi connectivity index (χ2n) is 6.52. The fraction of sp³-hybridized carbons (Fsp3) is 0.350. The summed E-state index contributed by atoms with van der Waals surface area (Å²) < 4.78 is 16.4. The normalized spacial score (nSPS) is 13.3. The minimum Gasteiger partial charge on any atom is -0.493 e. The van der Waals surface area contributed by atoms with Crippen LogP contribution in [0.1, 0.15) is 23.4 Å². The minimum absolute atomic E-state index is 0.0799. The first-order valence-electron chi connectivity index (χ1n) is 9.05. The van der Waals surface area contributed by atoms with Crippen LogP contribution >= 0.6 is 11.3 Å². The molecule has 3 aromatic rings. The molecule has 0 saturated heterocycles. The van der Waals surface area contributed by atoms with Gasteiger partial charge in [0.2, 0.25) is 11.8 Å². The van der Waals surface area contributed by atoms with E-state index in [-0.39, 0.29) is 5.91 Å². The van der Waals surface area contributed by atoms with Gasteiger partial charge >= 0.3 is 0 Å². The lowest BCUT2D eigenvalue weighted by atomic mass is 9.98. The van der Waals surface area contributed by atoms with Crippen LogP contribution in [0.4, 0.5) is 0 Å². The summed E-state index contributed by atoms with van der Waals surface area (Å²) in [4.78, 5) is 15.5. The van der Waals surface area contributed by atoms with Gasteiger partial charge in [-0.15, -0.1) is 21.5 Å². The summed E-state index contributed by atoms with van der Waals surface area (Å²) in [5.74, 6) is 2.48. The molecule has 0 atom stereocenters. The quantitative estimate of drug-likeness (QED) is 0.633. The Hall–Kier alpha value is -2.87. The van der Waals surface area contributed by atoms with E-state index in [4.69, 9.17) is 13.9 Å². The van der Waals surface area contributed by atoms with Crippen LogP contribution in [0.25, 0.3) is 10.8 Å². The van der Waals surface area contributed by atoms with Crippen molar-refractivity contribution in [2.45, 2.75) is 25.8 Å². The summed E-state index contributed by atoms with van der Waals surface area (Å²) in [6.07, 6.45) is 1.58. The Morgan fingerprint density at radius 2 is 2.00 bits per heavy atom. The largest absolute Gasteiger partial charge is 0.493 e. The molecule has 0 aliphatic carbocycles. The zero-order valence-electron chi connectivity index (χ0n) is 15.8. The summed E-state index contributed by atoms with van der Waals surface area (Å²) >= 11 is 1.54. The zero-order valence-corrected chi connectivity index (χ0v) is 16.6. The third-order valence-corrected chi connectivity index (χ3v) is 5.68. The lowest BCUT2D eigenvalue weighted by molar-refractivity contribution is -0.132. The second-order valence-corrected chi connectivity index (χ2v) is 7.47. The standard InChI is InChI=1S/C20H21N3O4S/c1-25-15-10-13-7-8-23(12-14(13)11-16(15)26-2)19(24)6-5-18-21-22-20(27-18)17-4-3-9-28-17/h3-4,9-11H,5-8,12H2,1-2H3. The molecule has 3 heterocycles. The molecule has 0 N–H and O–H groups in total. The van der Waals surface area contributed by atoms with E-state index in [1.54, 1.807) is 25.6 Å². The van der Waals surface area contributed by atoms with E-state index >= 15 is 0 Å². The molecule has 146 valence electrons. The molecule has 0 radical (unpaired) electrons. The number of fused-ring (bicyclic) bond motifs is 1. The molecular formula is C20H21N3O4S. The molecule has 0 saturated carbocycles. The molecule has 1 aliphatic rings. The highest BCUT2D eigenvalue weighted by Gasteiger charge is 2.23. The maximum Gasteiger partial charge on any atom is 0.257 e. The number of amides is 1. The predicted octanol–water partition coefficient (Wildman–Crippen LogP) is 3.33. The number of carbonyl (C=O) groups excluding carboxylic acids is 1. The molecule has 0 bridgehead atoms. The number of methoxy groups -OCH3 is 2. The monoisotopic (exact) mass is 399 g/mol. The van der Waals surface area contributed by atoms with Crippen molar-refractivity contribution in [3.63, 3.8) is 0 Å². The van der Waals surface area contributed by atoms with Gasteiger partial charge in [-0.2, -0.15) is 0 Å². The lowest BCUT2D eigenvalue weighted by Gasteiger charge is -2.29. The lowest BCUT2D eigenvalue weighted by Crippen LogP contribution is -2.36. The van der Waals surface area contributed by atoms with Crippen LogP contribution in [0, 0.1) is 0 Å². The number of ether oxygens (including phenoxy) is 2. The maximum absolute atomic E-state index is 12.7. The molecule has 28 heavy (non-hydrogen) atoms. The molecule has 0 unspecified atom stereocenters. The van der Waals surface area contributed by atoms with Gasteiger partial charge in [0.05, 0.1) is 19.1 Å². The van der Waals surface area contributed by atoms with Gasteiger partial charge in [-0.1, -0.05) is 6.07 Å². The molecular weight excluding hydrogens is 378 g/mol. The Morgan fingerprint density at radius 3 is 2.71 bits per heavy atom. The summed E-state index contributed by atoms with van der Waals surface area (Å²) in [6, 6.07) is 7.83. The average molecular weight is 399 g/mol. The van der Waals surface area contributed by atoms with E-state index in [0.29, 0.717) is 43.5 Å². The van der Waals surface area contributed by atoms with Crippen molar-refractivity contribution in [1.82, 2.24) is 15.1 Å². The van der Waals surface area contributed by atoms with Crippen molar-refractivity contribution in [3.8, 4) is 22.3 Å².